The highest BCUT2D eigenvalue weighted by atomic mass is 16.5. The maximum atomic E-state index is 6.19. The van der Waals surface area contributed by atoms with Gasteiger partial charge in [-0.2, -0.15) is 0 Å². The highest BCUT2D eigenvalue weighted by Crippen LogP contribution is 2.38. The molecule has 3 heteroatoms. The molecule has 264 valence electrons. The maximum Gasteiger partial charge on any atom is 0.128 e. The van der Waals surface area contributed by atoms with Crippen LogP contribution < -0.4 is 14.4 Å². The summed E-state index contributed by atoms with van der Waals surface area (Å²) in [4.78, 5) is 2.29. The van der Waals surface area contributed by atoms with Crippen LogP contribution in [0.4, 0.5) is 17.1 Å². The normalized spacial score (nSPS) is 10.7. The van der Waals surface area contributed by atoms with E-state index in [1.54, 1.807) is 0 Å². The monoisotopic (exact) mass is 709 g/mol. The molecule has 0 unspecified atom stereocenters. The Hall–Kier alpha value is -7.36. The molecule has 0 fully saturated rings. The Morgan fingerprint density at radius 1 is 0.309 bits per heavy atom. The van der Waals surface area contributed by atoms with Crippen LogP contribution in [0.1, 0.15) is 11.1 Å². The average Bonchev–Trinajstić information content (AvgIpc) is 3.25. The topological polar surface area (TPSA) is 21.7 Å². The van der Waals surface area contributed by atoms with Gasteiger partial charge in [0.15, 0.2) is 0 Å². The molecule has 8 aromatic carbocycles. The van der Waals surface area contributed by atoms with Gasteiger partial charge in [-0.05, 0) is 129 Å². The molecular formula is C52H39NO2. The van der Waals surface area contributed by atoms with Crippen molar-refractivity contribution in [1.82, 2.24) is 0 Å². The molecule has 0 amide bonds. The molecule has 0 aromatic heterocycles. The number of hydrogen-bond donors (Lipinski definition) is 0. The van der Waals surface area contributed by atoms with Crippen LogP contribution in [-0.2, 0) is 0 Å². The molecule has 0 aliphatic heterocycles. The number of benzene rings is 8. The Balaban J connectivity index is 1.08. The van der Waals surface area contributed by atoms with E-state index in [0.717, 1.165) is 73.4 Å². The predicted molar refractivity (Wildman–Crippen MR) is 231 cm³/mol. The molecule has 0 radical (unpaired) electrons. The molecule has 0 spiro atoms. The molecule has 0 aliphatic rings. The SMILES string of the molecule is C=Cc1ccc(Oc2cccc(-c3ccc(N(c4ccc(-c5ccccc5)cc4)c4ccc(-c5cccc(Oc6ccc(C=C)cc6)c5)cc4)cc3)c2)cc1. The van der Waals surface area contributed by atoms with Crippen LogP contribution >= 0.6 is 0 Å². The number of anilines is 3. The van der Waals surface area contributed by atoms with Crippen molar-refractivity contribution in [3.8, 4) is 56.4 Å². The third-order valence-electron chi connectivity index (χ3n) is 9.52. The van der Waals surface area contributed by atoms with E-state index in [-0.39, 0.29) is 0 Å². The van der Waals surface area contributed by atoms with Gasteiger partial charge < -0.3 is 14.4 Å². The Morgan fingerprint density at radius 2 is 0.655 bits per heavy atom. The van der Waals surface area contributed by atoms with Gasteiger partial charge in [-0.15, -0.1) is 0 Å². The van der Waals surface area contributed by atoms with E-state index < -0.39 is 0 Å². The molecule has 0 atom stereocenters. The summed E-state index contributed by atoms with van der Waals surface area (Å²) in [5.74, 6) is 3.14. The van der Waals surface area contributed by atoms with Gasteiger partial charge >= 0.3 is 0 Å². The summed E-state index contributed by atoms with van der Waals surface area (Å²) in [7, 11) is 0. The van der Waals surface area contributed by atoms with Crippen LogP contribution in [0, 0.1) is 0 Å². The molecule has 0 saturated heterocycles. The van der Waals surface area contributed by atoms with Crippen LogP contribution in [0.2, 0.25) is 0 Å². The molecule has 55 heavy (non-hydrogen) atoms. The molecule has 8 rings (SSSR count). The standard InChI is InChI=1S/C52H39NO2/c1-3-38-16-32-49(33-17-38)54-51-14-8-12-44(36-51)42-22-28-47(29-23-42)53(46-26-20-41(21-27-46)40-10-6-5-7-11-40)48-30-24-43(25-31-48)45-13-9-15-52(37-45)55-50-34-18-39(4-2)19-35-50/h3-37H,1-2H2. The highest BCUT2D eigenvalue weighted by molar-refractivity contribution is 5.81. The third-order valence-corrected chi connectivity index (χ3v) is 9.52. The maximum absolute atomic E-state index is 6.19. The van der Waals surface area contributed by atoms with Gasteiger partial charge in [0.05, 0.1) is 0 Å². The van der Waals surface area contributed by atoms with Gasteiger partial charge in [-0.1, -0.05) is 141 Å². The first kappa shape index (κ1) is 34.7. The zero-order chi connectivity index (χ0) is 37.4. The molecule has 0 aliphatic carbocycles. The van der Waals surface area contributed by atoms with E-state index >= 15 is 0 Å². The van der Waals surface area contributed by atoms with Gasteiger partial charge in [-0.3, -0.25) is 0 Å². The van der Waals surface area contributed by atoms with Crippen molar-refractivity contribution in [1.29, 1.82) is 0 Å². The molecule has 0 saturated carbocycles. The van der Waals surface area contributed by atoms with Crippen molar-refractivity contribution >= 4 is 29.2 Å². The van der Waals surface area contributed by atoms with Gasteiger partial charge in [-0.25, -0.2) is 0 Å². The summed E-state index contributed by atoms with van der Waals surface area (Å²) in [6.45, 7) is 7.68. The zero-order valence-electron chi connectivity index (χ0n) is 30.4. The van der Waals surface area contributed by atoms with Gasteiger partial charge in [0.1, 0.15) is 23.0 Å². The van der Waals surface area contributed by atoms with Gasteiger partial charge in [0.25, 0.3) is 0 Å². The van der Waals surface area contributed by atoms with Crippen LogP contribution in [0.25, 0.3) is 45.5 Å². The summed E-state index contributed by atoms with van der Waals surface area (Å²) in [5, 5.41) is 0. The van der Waals surface area contributed by atoms with Crippen LogP contribution in [0.15, 0.2) is 213 Å². The fourth-order valence-electron chi connectivity index (χ4n) is 6.58. The number of nitrogens with zero attached hydrogens (tertiary/aromatic N) is 1. The van der Waals surface area contributed by atoms with Gasteiger partial charge in [0.2, 0.25) is 0 Å². The minimum absolute atomic E-state index is 0.785. The Bertz CT molecular complexity index is 2380. The first-order valence-electron chi connectivity index (χ1n) is 18.3. The smallest absolute Gasteiger partial charge is 0.128 e. The second kappa shape index (κ2) is 16.1. The molecule has 8 aromatic rings. The van der Waals surface area contributed by atoms with Crippen molar-refractivity contribution in [2.45, 2.75) is 0 Å². The van der Waals surface area contributed by atoms with Gasteiger partial charge in [0, 0.05) is 17.1 Å². The number of ether oxygens (including phenoxy) is 2. The lowest BCUT2D eigenvalue weighted by atomic mass is 10.0. The zero-order valence-corrected chi connectivity index (χ0v) is 30.4. The minimum atomic E-state index is 0.785. The number of rotatable bonds is 12. The molecule has 3 nitrogen and oxygen atoms in total. The third kappa shape index (κ3) is 8.17. The lowest BCUT2D eigenvalue weighted by Gasteiger charge is -2.26. The van der Waals surface area contributed by atoms with Crippen molar-refractivity contribution < 1.29 is 9.47 Å². The fourth-order valence-corrected chi connectivity index (χ4v) is 6.58. The van der Waals surface area contributed by atoms with Crippen LogP contribution in [-0.4, -0.2) is 0 Å². The van der Waals surface area contributed by atoms with E-state index in [1.165, 1.54) is 11.1 Å². The quantitative estimate of drug-likeness (QED) is 0.126. The van der Waals surface area contributed by atoms with E-state index in [2.05, 4.69) is 139 Å². The molecule has 0 bridgehead atoms. The first-order valence-corrected chi connectivity index (χ1v) is 18.3. The minimum Gasteiger partial charge on any atom is -0.457 e. The molecular weight excluding hydrogens is 671 g/mol. The second-order valence-electron chi connectivity index (χ2n) is 13.1. The molecule has 0 N–H and O–H groups in total. The van der Waals surface area contributed by atoms with Crippen molar-refractivity contribution in [3.63, 3.8) is 0 Å². The van der Waals surface area contributed by atoms with Crippen LogP contribution in [0.5, 0.6) is 23.0 Å². The second-order valence-corrected chi connectivity index (χ2v) is 13.1. The van der Waals surface area contributed by atoms with E-state index in [4.69, 9.17) is 9.47 Å². The Morgan fingerprint density at radius 3 is 1.04 bits per heavy atom. The predicted octanol–water partition coefficient (Wildman–Crippen LogP) is 15.0. The average molecular weight is 710 g/mol. The van der Waals surface area contributed by atoms with E-state index in [0.29, 0.717) is 0 Å². The van der Waals surface area contributed by atoms with Crippen molar-refractivity contribution in [3.05, 3.63) is 224 Å². The van der Waals surface area contributed by atoms with Crippen LogP contribution in [0.3, 0.4) is 0 Å². The highest BCUT2D eigenvalue weighted by Gasteiger charge is 2.14. The summed E-state index contributed by atoms with van der Waals surface area (Å²) < 4.78 is 12.4. The lowest BCUT2D eigenvalue weighted by Crippen LogP contribution is -2.09. The number of hydrogen-bond acceptors (Lipinski definition) is 3. The first-order chi connectivity index (χ1) is 27.1. The summed E-state index contributed by atoms with van der Waals surface area (Å²) >= 11 is 0. The van der Waals surface area contributed by atoms with Crippen molar-refractivity contribution in [2.75, 3.05) is 4.90 Å². The van der Waals surface area contributed by atoms with Crippen molar-refractivity contribution in [2.24, 2.45) is 0 Å². The summed E-state index contributed by atoms with van der Waals surface area (Å²) in [5.41, 5.74) is 12.0. The van der Waals surface area contributed by atoms with E-state index in [1.807, 2.05) is 91.0 Å². The Labute approximate surface area is 323 Å². The largest absolute Gasteiger partial charge is 0.457 e. The lowest BCUT2D eigenvalue weighted by molar-refractivity contribution is 0.482. The molecule has 0 heterocycles. The Kier molecular flexibility index (Phi) is 10.2. The van der Waals surface area contributed by atoms with E-state index in [9.17, 15) is 0 Å². The fraction of sp³-hybridized carbons (Fsp3) is 0. The summed E-state index contributed by atoms with van der Waals surface area (Å²) in [6.07, 6.45) is 3.65. The summed E-state index contributed by atoms with van der Waals surface area (Å²) in [6, 6.07) is 68.9.